The number of aliphatic hydroxyl groups is 1. The smallest absolute Gasteiger partial charge is 0.163 e. The predicted molar refractivity (Wildman–Crippen MR) is 121 cm³/mol. The van der Waals surface area contributed by atoms with Crippen molar-refractivity contribution in [1.29, 1.82) is 0 Å². The van der Waals surface area contributed by atoms with Gasteiger partial charge in [0.15, 0.2) is 5.65 Å². The van der Waals surface area contributed by atoms with Gasteiger partial charge >= 0.3 is 0 Å². The van der Waals surface area contributed by atoms with Crippen molar-refractivity contribution in [3.8, 4) is 0 Å². The van der Waals surface area contributed by atoms with Crippen LogP contribution in [-0.2, 0) is 6.54 Å². The molecule has 3 heterocycles. The highest BCUT2D eigenvalue weighted by Crippen LogP contribution is 2.25. The van der Waals surface area contributed by atoms with Gasteiger partial charge in [-0.05, 0) is 11.5 Å². The Hall–Kier alpha value is -2.35. The summed E-state index contributed by atoms with van der Waals surface area (Å²) in [6.07, 6.45) is 1.47. The van der Waals surface area contributed by atoms with E-state index < -0.39 is 6.10 Å². The lowest BCUT2D eigenvalue weighted by atomic mass is 10.1. The normalized spacial score (nSPS) is 18.3. The van der Waals surface area contributed by atoms with Gasteiger partial charge in [0, 0.05) is 31.3 Å². The number of hydrogen-bond donors (Lipinski definition) is 4. The summed E-state index contributed by atoms with van der Waals surface area (Å²) < 4.78 is 1.85. The Morgan fingerprint density at radius 1 is 1.24 bits per heavy atom. The molecule has 1 aliphatic heterocycles. The summed E-state index contributed by atoms with van der Waals surface area (Å²) in [5.74, 6) is 1.94. The number of anilines is 2. The average molecular weight is 419 g/mol. The minimum atomic E-state index is -0.418. The van der Waals surface area contributed by atoms with Crippen LogP contribution in [0.15, 0.2) is 42.6 Å². The number of nitrogens with one attached hydrogen (secondary N) is 3. The van der Waals surface area contributed by atoms with Crippen LogP contribution in [0.4, 0.5) is 11.6 Å². The number of β-amino-alcohol motifs (C(OH)–C–C–N with tert-alkyl or cyclic N) is 1. The van der Waals surface area contributed by atoms with Crippen LogP contribution in [0.5, 0.6) is 0 Å². The van der Waals surface area contributed by atoms with E-state index in [2.05, 4.69) is 47.0 Å². The van der Waals surface area contributed by atoms with E-state index in [1.54, 1.807) is 0 Å². The minimum absolute atomic E-state index is 0. The Morgan fingerprint density at radius 2 is 2.00 bits per heavy atom. The average Bonchev–Trinajstić information content (AvgIpc) is 3.27. The first-order valence-electron chi connectivity index (χ1n) is 9.43. The van der Waals surface area contributed by atoms with E-state index in [0.717, 1.165) is 29.4 Å². The largest absolute Gasteiger partial charge is 0.390 e. The summed E-state index contributed by atoms with van der Waals surface area (Å²) in [5.41, 5.74) is 3.14. The molecule has 2 aromatic heterocycles. The van der Waals surface area contributed by atoms with Crippen molar-refractivity contribution in [1.82, 2.24) is 19.9 Å². The van der Waals surface area contributed by atoms with Gasteiger partial charge in [-0.1, -0.05) is 51.6 Å². The van der Waals surface area contributed by atoms with E-state index >= 15 is 0 Å². The Bertz CT molecular complexity index is 914. The molecule has 0 unspecified atom stereocenters. The number of hydrogen-bond acceptors (Lipinski definition) is 6. The molecule has 158 valence electrons. The number of benzene rings is 1. The van der Waals surface area contributed by atoms with Crippen molar-refractivity contribution < 1.29 is 5.11 Å². The van der Waals surface area contributed by atoms with E-state index in [0.29, 0.717) is 19.0 Å². The van der Waals surface area contributed by atoms with Gasteiger partial charge in [0.25, 0.3) is 0 Å². The third-order valence-corrected chi connectivity index (χ3v) is 4.95. The van der Waals surface area contributed by atoms with E-state index in [1.165, 1.54) is 5.56 Å². The van der Waals surface area contributed by atoms with Crippen LogP contribution < -0.4 is 16.0 Å². The molecule has 0 spiro atoms. The molecule has 7 nitrogen and oxygen atoms in total. The third kappa shape index (κ3) is 4.98. The number of rotatable bonds is 6. The second-order valence-corrected chi connectivity index (χ2v) is 7.33. The van der Waals surface area contributed by atoms with Crippen LogP contribution in [-0.4, -0.2) is 44.9 Å². The van der Waals surface area contributed by atoms with Crippen LogP contribution in [0.25, 0.3) is 5.65 Å². The molecule has 3 aromatic rings. The van der Waals surface area contributed by atoms with E-state index in [-0.39, 0.29) is 25.9 Å². The first-order chi connectivity index (χ1) is 13.1. The zero-order valence-corrected chi connectivity index (χ0v) is 16.9. The summed E-state index contributed by atoms with van der Waals surface area (Å²) in [6.45, 7) is 6.30. The molecule has 0 radical (unpaired) electrons. The summed E-state index contributed by atoms with van der Waals surface area (Å²) in [7, 11) is 0. The fraction of sp³-hybridized carbons (Fsp3) is 0.429. The zero-order chi connectivity index (χ0) is 18.8. The molecule has 4 N–H and O–H groups in total. The van der Waals surface area contributed by atoms with Gasteiger partial charge in [-0.15, -0.1) is 12.4 Å². The van der Waals surface area contributed by atoms with Gasteiger partial charge in [0.05, 0.1) is 18.3 Å². The standard InChI is InChI=1S/C20H26N6O.CH4.ClH/c1-13(2)15-10-23-26-19(22-9-14-6-4-3-5-7-14)8-18(25-20(15)26)24-16-11-21-12-17(16)27;;/h3-8,10,13,16-17,21-22,27H,9,11-12H2,1-2H3,(H,24,25);1H4;1H/t16-,17+;;/m0../s1. The highest BCUT2D eigenvalue weighted by atomic mass is 35.5. The first kappa shape index (κ1) is 22.9. The van der Waals surface area contributed by atoms with Crippen molar-refractivity contribution in [3.63, 3.8) is 0 Å². The molecule has 2 atom stereocenters. The summed E-state index contributed by atoms with van der Waals surface area (Å²) in [5, 5.41) is 24.7. The van der Waals surface area contributed by atoms with Crippen molar-refractivity contribution in [3.05, 3.63) is 53.7 Å². The Kier molecular flexibility index (Phi) is 7.84. The summed E-state index contributed by atoms with van der Waals surface area (Å²) in [4.78, 5) is 4.78. The second kappa shape index (κ2) is 9.91. The van der Waals surface area contributed by atoms with Crippen molar-refractivity contribution in [2.75, 3.05) is 23.7 Å². The van der Waals surface area contributed by atoms with Gasteiger partial charge in [-0.3, -0.25) is 0 Å². The highest BCUT2D eigenvalue weighted by molar-refractivity contribution is 5.85. The number of fused-ring (bicyclic) bond motifs is 1. The fourth-order valence-corrected chi connectivity index (χ4v) is 3.38. The van der Waals surface area contributed by atoms with Crippen molar-refractivity contribution in [2.45, 2.75) is 45.9 Å². The molecule has 8 heteroatoms. The van der Waals surface area contributed by atoms with Crippen LogP contribution in [0.2, 0.25) is 0 Å². The molecular formula is C21H31ClN6O. The topological polar surface area (TPSA) is 86.5 Å². The maximum Gasteiger partial charge on any atom is 0.163 e. The lowest BCUT2D eigenvalue weighted by Crippen LogP contribution is -2.32. The summed E-state index contributed by atoms with van der Waals surface area (Å²) >= 11 is 0. The lowest BCUT2D eigenvalue weighted by Gasteiger charge is -2.18. The van der Waals surface area contributed by atoms with Crippen molar-refractivity contribution in [2.24, 2.45) is 0 Å². The van der Waals surface area contributed by atoms with Gasteiger partial charge < -0.3 is 21.1 Å². The number of halogens is 1. The maximum absolute atomic E-state index is 10.1. The van der Waals surface area contributed by atoms with Crippen LogP contribution in [0.1, 0.15) is 38.3 Å². The highest BCUT2D eigenvalue weighted by Gasteiger charge is 2.25. The molecule has 1 aromatic carbocycles. The van der Waals surface area contributed by atoms with Crippen LogP contribution in [0.3, 0.4) is 0 Å². The van der Waals surface area contributed by atoms with Gasteiger partial charge in [0.2, 0.25) is 0 Å². The molecular weight excluding hydrogens is 388 g/mol. The number of aromatic nitrogens is 3. The molecule has 29 heavy (non-hydrogen) atoms. The van der Waals surface area contributed by atoms with Gasteiger partial charge in [-0.25, -0.2) is 4.98 Å². The Morgan fingerprint density at radius 3 is 2.66 bits per heavy atom. The van der Waals surface area contributed by atoms with Gasteiger partial charge in [0.1, 0.15) is 11.6 Å². The second-order valence-electron chi connectivity index (χ2n) is 7.33. The number of aliphatic hydroxyl groups excluding tert-OH is 1. The molecule has 1 fully saturated rings. The van der Waals surface area contributed by atoms with Crippen LogP contribution in [0, 0.1) is 0 Å². The van der Waals surface area contributed by atoms with Gasteiger partial charge in [-0.2, -0.15) is 9.61 Å². The van der Waals surface area contributed by atoms with E-state index in [9.17, 15) is 5.11 Å². The van der Waals surface area contributed by atoms with E-state index in [4.69, 9.17) is 4.98 Å². The molecule has 0 saturated carbocycles. The monoisotopic (exact) mass is 418 g/mol. The van der Waals surface area contributed by atoms with E-state index in [1.807, 2.05) is 35.0 Å². The molecule has 1 saturated heterocycles. The third-order valence-electron chi connectivity index (χ3n) is 4.95. The minimum Gasteiger partial charge on any atom is -0.390 e. The fourth-order valence-electron chi connectivity index (χ4n) is 3.38. The molecule has 0 amide bonds. The quantitative estimate of drug-likeness (QED) is 0.491. The van der Waals surface area contributed by atoms with Crippen LogP contribution >= 0.6 is 12.4 Å². The Balaban J connectivity index is 0.00000150. The SMILES string of the molecule is C.CC(C)c1cnn2c(NCc3ccccc3)cc(N[C@H]3CNC[C@H]3O)nc12.Cl. The molecule has 0 bridgehead atoms. The number of nitrogens with zero attached hydrogens (tertiary/aromatic N) is 3. The molecule has 4 rings (SSSR count). The molecule has 1 aliphatic rings. The lowest BCUT2D eigenvalue weighted by molar-refractivity contribution is 0.185. The predicted octanol–water partition coefficient (Wildman–Crippen LogP) is 3.27. The maximum atomic E-state index is 10.1. The molecule has 0 aliphatic carbocycles. The van der Waals surface area contributed by atoms with Crippen molar-refractivity contribution >= 4 is 29.7 Å². The first-order valence-corrected chi connectivity index (χ1v) is 9.43. The summed E-state index contributed by atoms with van der Waals surface area (Å²) in [6, 6.07) is 12.2. The Labute approximate surface area is 178 Å². The zero-order valence-electron chi connectivity index (χ0n) is 16.1.